The van der Waals surface area contributed by atoms with E-state index in [0.29, 0.717) is 0 Å². The lowest BCUT2D eigenvalue weighted by atomic mass is 9.85. The van der Waals surface area contributed by atoms with Crippen LogP contribution in [0.2, 0.25) is 0 Å². The highest BCUT2D eigenvalue weighted by Crippen LogP contribution is 2.54. The van der Waals surface area contributed by atoms with Crippen molar-refractivity contribution < 1.29 is 0 Å². The van der Waals surface area contributed by atoms with Crippen molar-refractivity contribution in [3.05, 3.63) is 28.7 Å². The van der Waals surface area contributed by atoms with Crippen LogP contribution in [0, 0.1) is 16.7 Å². The number of anilines is 1. The average Bonchev–Trinajstić information content (AvgIpc) is 3.01. The van der Waals surface area contributed by atoms with E-state index in [9.17, 15) is 5.26 Å². The lowest BCUT2D eigenvalue weighted by Crippen LogP contribution is -2.41. The molecule has 0 bridgehead atoms. The summed E-state index contributed by atoms with van der Waals surface area (Å²) in [6.45, 7) is 4.16. The molecule has 2 nitrogen and oxygen atoms in total. The molecule has 1 unspecified atom stereocenters. The van der Waals surface area contributed by atoms with Crippen LogP contribution in [0.4, 0.5) is 5.69 Å². The van der Waals surface area contributed by atoms with Gasteiger partial charge < -0.3 is 5.32 Å². The predicted octanol–water partition coefficient (Wildman–Crippen LogP) is 3.94. The van der Waals surface area contributed by atoms with Gasteiger partial charge in [0, 0.05) is 15.6 Å². The van der Waals surface area contributed by atoms with Gasteiger partial charge in [-0.05, 0) is 44.0 Å². The Morgan fingerprint density at radius 2 is 1.94 bits per heavy atom. The minimum atomic E-state index is -0.471. The molecule has 1 saturated carbocycles. The number of nitrogens with zero attached hydrogens (tertiary/aromatic N) is 1. The molecule has 0 spiro atoms. The number of benzene rings is 1. The first-order valence-corrected chi connectivity index (χ1v) is 6.23. The SMILES string of the molecule is CC1(C(C)(C#N)Nc2ccc(Br)cc2)CC1. The molecule has 0 radical (unpaired) electrons. The van der Waals surface area contributed by atoms with Crippen molar-refractivity contribution in [1.82, 2.24) is 0 Å². The van der Waals surface area contributed by atoms with Crippen molar-refractivity contribution in [2.24, 2.45) is 5.41 Å². The van der Waals surface area contributed by atoms with Gasteiger partial charge in [0.05, 0.1) is 6.07 Å². The monoisotopic (exact) mass is 278 g/mol. The van der Waals surface area contributed by atoms with Crippen molar-refractivity contribution in [2.45, 2.75) is 32.2 Å². The fourth-order valence-corrected chi connectivity index (χ4v) is 2.09. The van der Waals surface area contributed by atoms with Gasteiger partial charge in [-0.25, -0.2) is 0 Å². The first-order chi connectivity index (χ1) is 7.49. The van der Waals surface area contributed by atoms with Crippen LogP contribution in [0.5, 0.6) is 0 Å². The van der Waals surface area contributed by atoms with Gasteiger partial charge in [0.25, 0.3) is 0 Å². The van der Waals surface area contributed by atoms with Gasteiger partial charge in [-0.15, -0.1) is 0 Å². The minimum Gasteiger partial charge on any atom is -0.367 e. The molecule has 1 fully saturated rings. The quantitative estimate of drug-likeness (QED) is 0.909. The third kappa shape index (κ3) is 1.94. The number of hydrogen-bond acceptors (Lipinski definition) is 2. The lowest BCUT2D eigenvalue weighted by Gasteiger charge is -2.31. The van der Waals surface area contributed by atoms with Crippen LogP contribution >= 0.6 is 15.9 Å². The zero-order valence-electron chi connectivity index (χ0n) is 9.55. The Labute approximate surface area is 105 Å². The summed E-state index contributed by atoms with van der Waals surface area (Å²) >= 11 is 3.40. The van der Waals surface area contributed by atoms with Crippen LogP contribution in [0.25, 0.3) is 0 Å². The Bertz CT molecular complexity index is 428. The van der Waals surface area contributed by atoms with E-state index < -0.39 is 5.54 Å². The molecule has 1 N–H and O–H groups in total. The van der Waals surface area contributed by atoms with Crippen molar-refractivity contribution in [1.29, 1.82) is 5.26 Å². The van der Waals surface area contributed by atoms with E-state index in [2.05, 4.69) is 34.2 Å². The molecule has 0 aromatic heterocycles. The van der Waals surface area contributed by atoms with E-state index in [1.165, 1.54) is 0 Å². The largest absolute Gasteiger partial charge is 0.367 e. The van der Waals surface area contributed by atoms with Crippen LogP contribution in [-0.2, 0) is 0 Å². The number of hydrogen-bond donors (Lipinski definition) is 1. The molecule has 84 valence electrons. The van der Waals surface area contributed by atoms with Gasteiger partial charge in [-0.2, -0.15) is 5.26 Å². The van der Waals surface area contributed by atoms with E-state index in [1.807, 2.05) is 31.2 Å². The average molecular weight is 279 g/mol. The maximum absolute atomic E-state index is 9.36. The fourth-order valence-electron chi connectivity index (χ4n) is 1.82. The second-order valence-electron chi connectivity index (χ2n) is 4.93. The topological polar surface area (TPSA) is 35.8 Å². The summed E-state index contributed by atoms with van der Waals surface area (Å²) < 4.78 is 1.05. The molecule has 2 rings (SSSR count). The molecule has 1 aromatic carbocycles. The highest BCUT2D eigenvalue weighted by Gasteiger charge is 2.53. The highest BCUT2D eigenvalue weighted by molar-refractivity contribution is 9.10. The van der Waals surface area contributed by atoms with Crippen LogP contribution in [0.3, 0.4) is 0 Å². The fraction of sp³-hybridized carbons (Fsp3) is 0.462. The Kier molecular flexibility index (Phi) is 2.71. The molecule has 0 aliphatic heterocycles. The molecular formula is C13H15BrN2. The van der Waals surface area contributed by atoms with Crippen LogP contribution in [-0.4, -0.2) is 5.54 Å². The second-order valence-corrected chi connectivity index (χ2v) is 5.85. The molecule has 1 aromatic rings. The van der Waals surface area contributed by atoms with Gasteiger partial charge in [0.15, 0.2) is 0 Å². The molecular weight excluding hydrogens is 264 g/mol. The summed E-state index contributed by atoms with van der Waals surface area (Å²) in [6.07, 6.45) is 2.25. The van der Waals surface area contributed by atoms with E-state index >= 15 is 0 Å². The summed E-state index contributed by atoms with van der Waals surface area (Å²) in [4.78, 5) is 0. The lowest BCUT2D eigenvalue weighted by molar-refractivity contribution is 0.405. The summed E-state index contributed by atoms with van der Waals surface area (Å²) in [5.41, 5.74) is 0.649. The molecule has 1 aliphatic rings. The van der Waals surface area contributed by atoms with Gasteiger partial charge >= 0.3 is 0 Å². The summed E-state index contributed by atoms with van der Waals surface area (Å²) in [5, 5.41) is 12.7. The Balaban J connectivity index is 2.20. The van der Waals surface area contributed by atoms with Gasteiger partial charge in [0.1, 0.15) is 5.54 Å². The van der Waals surface area contributed by atoms with Gasteiger partial charge in [-0.3, -0.25) is 0 Å². The van der Waals surface area contributed by atoms with Crippen molar-refractivity contribution in [3.8, 4) is 6.07 Å². The zero-order valence-corrected chi connectivity index (χ0v) is 11.1. The van der Waals surface area contributed by atoms with Gasteiger partial charge in [0.2, 0.25) is 0 Å². The highest BCUT2D eigenvalue weighted by atomic mass is 79.9. The van der Waals surface area contributed by atoms with Crippen molar-refractivity contribution >= 4 is 21.6 Å². The standard InChI is InChI=1S/C13H15BrN2/c1-12(7-8-12)13(2,9-15)16-11-5-3-10(14)4-6-11/h3-6,16H,7-8H2,1-2H3. The molecule has 0 heterocycles. The summed E-state index contributed by atoms with van der Waals surface area (Å²) in [7, 11) is 0. The van der Waals surface area contributed by atoms with E-state index in [4.69, 9.17) is 0 Å². The first kappa shape index (κ1) is 11.5. The molecule has 3 heteroatoms. The number of nitrogens with one attached hydrogen (secondary N) is 1. The molecule has 16 heavy (non-hydrogen) atoms. The molecule has 1 aliphatic carbocycles. The van der Waals surface area contributed by atoms with Crippen LogP contribution in [0.1, 0.15) is 26.7 Å². The maximum Gasteiger partial charge on any atom is 0.127 e. The maximum atomic E-state index is 9.36. The molecule has 0 amide bonds. The van der Waals surface area contributed by atoms with Crippen LogP contribution in [0.15, 0.2) is 28.7 Å². The Hall–Kier alpha value is -1.01. The van der Waals surface area contributed by atoms with Crippen molar-refractivity contribution in [2.75, 3.05) is 5.32 Å². The predicted molar refractivity (Wildman–Crippen MR) is 69.1 cm³/mol. The second kappa shape index (κ2) is 3.78. The smallest absolute Gasteiger partial charge is 0.127 e. The summed E-state index contributed by atoms with van der Waals surface area (Å²) in [6, 6.07) is 10.4. The van der Waals surface area contributed by atoms with Crippen LogP contribution < -0.4 is 5.32 Å². The minimum absolute atomic E-state index is 0.120. The Morgan fingerprint density at radius 1 is 1.38 bits per heavy atom. The van der Waals surface area contributed by atoms with Gasteiger partial charge in [-0.1, -0.05) is 22.9 Å². The first-order valence-electron chi connectivity index (χ1n) is 5.44. The number of rotatable bonds is 3. The number of halogens is 1. The third-order valence-corrected chi connectivity index (χ3v) is 4.20. The van der Waals surface area contributed by atoms with E-state index in [0.717, 1.165) is 23.0 Å². The number of nitriles is 1. The van der Waals surface area contributed by atoms with E-state index in [1.54, 1.807) is 0 Å². The van der Waals surface area contributed by atoms with E-state index in [-0.39, 0.29) is 5.41 Å². The Morgan fingerprint density at radius 3 is 2.38 bits per heavy atom. The molecule has 0 saturated heterocycles. The molecule has 1 atom stereocenters. The zero-order chi connectivity index (χ0) is 11.8. The third-order valence-electron chi connectivity index (χ3n) is 3.67. The summed E-state index contributed by atoms with van der Waals surface area (Å²) in [5.74, 6) is 0. The normalized spacial score (nSPS) is 20.6. The van der Waals surface area contributed by atoms with Crippen molar-refractivity contribution in [3.63, 3.8) is 0 Å².